The molecule has 0 bridgehead atoms. The van der Waals surface area contributed by atoms with E-state index in [1.807, 2.05) is 36.4 Å². The Morgan fingerprint density at radius 2 is 1.19 bits per heavy atom. The molecule has 2 heterocycles. The highest BCUT2D eigenvalue weighted by Gasteiger charge is 2.31. The summed E-state index contributed by atoms with van der Waals surface area (Å²) in [7, 11) is 3.20. The smallest absolute Gasteiger partial charge is 0.263 e. The van der Waals surface area contributed by atoms with E-state index >= 15 is 0 Å². The molecule has 2 aromatic carbocycles. The molecule has 36 heavy (non-hydrogen) atoms. The van der Waals surface area contributed by atoms with Crippen LogP contribution in [0.25, 0.3) is 20.2 Å². The average Bonchev–Trinajstić information content (AvgIpc) is 3.40. The summed E-state index contributed by atoms with van der Waals surface area (Å²) in [5.41, 5.74) is 0. The number of hydrogen-bond acceptors (Lipinski definition) is 6. The summed E-state index contributed by atoms with van der Waals surface area (Å²) in [6.45, 7) is 0. The largest absolute Gasteiger partial charge is 0.497 e. The molecule has 2 aromatic heterocycles. The maximum absolute atomic E-state index is 13.2. The SMILES string of the molecule is COc1ccc2c(Cl)c(C(=O)N[C@H]3CCCC[C@H]3NC(=O)c3sc4cc(OC)ccc4c3Cl)sc2c1. The van der Waals surface area contributed by atoms with E-state index in [2.05, 4.69) is 10.6 Å². The molecule has 5 rings (SSSR count). The van der Waals surface area contributed by atoms with Gasteiger partial charge in [0.15, 0.2) is 0 Å². The highest BCUT2D eigenvalue weighted by Crippen LogP contribution is 2.39. The van der Waals surface area contributed by atoms with E-state index < -0.39 is 0 Å². The fraction of sp³-hybridized carbons (Fsp3) is 0.308. The molecule has 0 saturated heterocycles. The molecule has 2 atom stereocenters. The number of fused-ring (bicyclic) bond motifs is 2. The number of carbonyl (C=O) groups excluding carboxylic acids is 2. The quantitative estimate of drug-likeness (QED) is 0.267. The second kappa shape index (κ2) is 10.5. The lowest BCUT2D eigenvalue weighted by atomic mass is 9.90. The number of amides is 2. The number of benzene rings is 2. The van der Waals surface area contributed by atoms with Crippen molar-refractivity contribution < 1.29 is 19.1 Å². The molecule has 10 heteroatoms. The van der Waals surface area contributed by atoms with Crippen molar-refractivity contribution in [2.75, 3.05) is 14.2 Å². The Morgan fingerprint density at radius 1 is 0.778 bits per heavy atom. The lowest BCUT2D eigenvalue weighted by Crippen LogP contribution is -2.53. The minimum Gasteiger partial charge on any atom is -0.497 e. The standard InChI is InChI=1S/C26H24Cl2N2O4S2/c1-33-13-7-9-15-19(11-13)35-23(21(15)27)25(31)29-17-5-3-4-6-18(17)30-26(32)24-22(28)16-10-8-14(34-2)12-20(16)36-24/h7-12,17-18H,3-6H2,1-2H3,(H,29,31)(H,30,32)/t17-,18+. The van der Waals surface area contributed by atoms with Crippen molar-refractivity contribution >= 4 is 77.9 Å². The minimum atomic E-state index is -0.238. The second-order valence-corrected chi connectivity index (χ2v) is 11.5. The third kappa shape index (κ3) is 4.75. The van der Waals surface area contributed by atoms with Gasteiger partial charge < -0.3 is 20.1 Å². The first-order chi connectivity index (χ1) is 17.4. The number of carbonyl (C=O) groups is 2. The lowest BCUT2D eigenvalue weighted by molar-refractivity contribution is 0.0867. The number of hydrogen-bond donors (Lipinski definition) is 2. The molecule has 0 radical (unpaired) electrons. The first kappa shape index (κ1) is 25.1. The Kier molecular flexibility index (Phi) is 7.30. The highest BCUT2D eigenvalue weighted by molar-refractivity contribution is 7.22. The number of thiophene rings is 2. The summed E-state index contributed by atoms with van der Waals surface area (Å²) in [4.78, 5) is 27.4. The van der Waals surface area contributed by atoms with Crippen LogP contribution in [0.2, 0.25) is 10.0 Å². The van der Waals surface area contributed by atoms with Crippen molar-refractivity contribution in [3.05, 3.63) is 56.2 Å². The van der Waals surface area contributed by atoms with Crippen LogP contribution in [0.1, 0.15) is 45.0 Å². The van der Waals surface area contributed by atoms with Gasteiger partial charge >= 0.3 is 0 Å². The molecule has 2 amide bonds. The molecule has 188 valence electrons. The molecule has 1 fully saturated rings. The topological polar surface area (TPSA) is 76.7 Å². The third-order valence-corrected chi connectivity index (χ3v) is 9.80. The fourth-order valence-corrected chi connectivity index (χ4v) is 7.48. The van der Waals surface area contributed by atoms with Crippen LogP contribution in [0.3, 0.4) is 0 Å². The van der Waals surface area contributed by atoms with E-state index in [1.165, 1.54) is 22.7 Å². The zero-order valence-corrected chi connectivity index (χ0v) is 22.8. The van der Waals surface area contributed by atoms with Crippen LogP contribution in [-0.2, 0) is 0 Å². The Hall–Kier alpha value is -2.52. The average molecular weight is 564 g/mol. The van der Waals surface area contributed by atoms with E-state index in [9.17, 15) is 9.59 Å². The van der Waals surface area contributed by atoms with Crippen molar-refractivity contribution in [2.24, 2.45) is 0 Å². The van der Waals surface area contributed by atoms with Gasteiger partial charge in [-0.05, 0) is 49.2 Å². The van der Waals surface area contributed by atoms with E-state index in [0.29, 0.717) is 31.3 Å². The summed E-state index contributed by atoms with van der Waals surface area (Å²) >= 11 is 15.8. The van der Waals surface area contributed by atoms with Crippen LogP contribution in [0.4, 0.5) is 0 Å². The first-order valence-corrected chi connectivity index (χ1v) is 13.9. The van der Waals surface area contributed by atoms with E-state index in [4.69, 9.17) is 32.7 Å². The molecule has 0 unspecified atom stereocenters. The molecule has 6 nitrogen and oxygen atoms in total. The van der Waals surface area contributed by atoms with E-state index in [1.54, 1.807) is 14.2 Å². The Morgan fingerprint density at radius 3 is 1.58 bits per heavy atom. The maximum atomic E-state index is 13.2. The molecule has 0 aliphatic heterocycles. The number of ether oxygens (including phenoxy) is 2. The van der Waals surface area contributed by atoms with Gasteiger partial charge in [-0.25, -0.2) is 0 Å². The summed E-state index contributed by atoms with van der Waals surface area (Å²) in [5, 5.41) is 8.74. The monoisotopic (exact) mass is 562 g/mol. The molecule has 1 aliphatic rings. The second-order valence-electron chi connectivity index (χ2n) is 8.66. The lowest BCUT2D eigenvalue weighted by Gasteiger charge is -2.32. The summed E-state index contributed by atoms with van der Waals surface area (Å²) in [6, 6.07) is 10.7. The zero-order chi connectivity index (χ0) is 25.4. The summed E-state index contributed by atoms with van der Waals surface area (Å²) in [5.74, 6) is 0.943. The van der Waals surface area contributed by atoms with Crippen molar-refractivity contribution in [1.82, 2.24) is 10.6 Å². The number of nitrogens with one attached hydrogen (secondary N) is 2. The normalized spacial score (nSPS) is 17.8. The van der Waals surface area contributed by atoms with Gasteiger partial charge in [0.05, 0.1) is 24.3 Å². The van der Waals surface area contributed by atoms with Crippen LogP contribution >= 0.6 is 45.9 Å². The van der Waals surface area contributed by atoms with Gasteiger partial charge in [0, 0.05) is 32.3 Å². The molecular weight excluding hydrogens is 539 g/mol. The van der Waals surface area contributed by atoms with Gasteiger partial charge in [0.25, 0.3) is 11.8 Å². The van der Waals surface area contributed by atoms with E-state index in [0.717, 1.165) is 45.9 Å². The third-order valence-electron chi connectivity index (χ3n) is 6.48. The minimum absolute atomic E-state index is 0.209. The van der Waals surface area contributed by atoms with Crippen molar-refractivity contribution in [2.45, 2.75) is 37.8 Å². The van der Waals surface area contributed by atoms with Crippen LogP contribution < -0.4 is 20.1 Å². The molecule has 1 aliphatic carbocycles. The molecule has 4 aromatic rings. The van der Waals surface area contributed by atoms with Crippen molar-refractivity contribution in [3.63, 3.8) is 0 Å². The Labute approximate surface area is 226 Å². The Bertz CT molecular complexity index is 1360. The summed E-state index contributed by atoms with van der Waals surface area (Å²) in [6.07, 6.45) is 3.48. The highest BCUT2D eigenvalue weighted by atomic mass is 35.5. The van der Waals surface area contributed by atoms with Gasteiger partial charge in [-0.15, -0.1) is 22.7 Å². The van der Waals surface area contributed by atoms with Crippen LogP contribution in [0.5, 0.6) is 11.5 Å². The van der Waals surface area contributed by atoms with Crippen molar-refractivity contribution in [1.29, 1.82) is 0 Å². The van der Waals surface area contributed by atoms with Gasteiger partial charge in [-0.1, -0.05) is 36.0 Å². The van der Waals surface area contributed by atoms with Crippen LogP contribution in [0.15, 0.2) is 36.4 Å². The number of methoxy groups -OCH3 is 2. The molecule has 2 N–H and O–H groups in total. The number of halogens is 2. The number of rotatable bonds is 6. The predicted molar refractivity (Wildman–Crippen MR) is 148 cm³/mol. The van der Waals surface area contributed by atoms with Gasteiger partial charge in [0.1, 0.15) is 21.3 Å². The first-order valence-electron chi connectivity index (χ1n) is 11.5. The van der Waals surface area contributed by atoms with Crippen LogP contribution in [0, 0.1) is 0 Å². The van der Waals surface area contributed by atoms with Gasteiger partial charge in [-0.3, -0.25) is 9.59 Å². The molecular formula is C26H24Cl2N2O4S2. The summed E-state index contributed by atoms with van der Waals surface area (Å²) < 4.78 is 12.3. The van der Waals surface area contributed by atoms with Gasteiger partial charge in [0.2, 0.25) is 0 Å². The fourth-order valence-electron chi connectivity index (χ4n) is 4.58. The van der Waals surface area contributed by atoms with Gasteiger partial charge in [-0.2, -0.15) is 0 Å². The molecule has 1 saturated carbocycles. The van der Waals surface area contributed by atoms with Crippen LogP contribution in [-0.4, -0.2) is 38.1 Å². The zero-order valence-electron chi connectivity index (χ0n) is 19.7. The Balaban J connectivity index is 1.34. The van der Waals surface area contributed by atoms with E-state index in [-0.39, 0.29) is 23.9 Å². The molecule has 0 spiro atoms. The maximum Gasteiger partial charge on any atom is 0.263 e. The van der Waals surface area contributed by atoms with Crippen molar-refractivity contribution in [3.8, 4) is 11.5 Å². The predicted octanol–water partition coefficient (Wildman–Crippen LogP) is 6.91.